The summed E-state index contributed by atoms with van der Waals surface area (Å²) in [5.74, 6) is 1.40. The molecule has 12 heteroatoms. The number of pyridine rings is 1. The number of para-hydroxylation sites is 1. The lowest BCUT2D eigenvalue weighted by molar-refractivity contribution is -0.274. The standard InChI is InChI=1S/C29H30F3N5O3S/c1-18(2)23-8-6-7-9-24(23)37-26(38)17-41-28(37)35-33-14-15-39-27-19(3)16-25(34-20(27)4)36(5)21-10-12-22(13-11-21)40-29(30,31)32/h6-14,16,18H,15,17H2,1-5H3/b33-14+,35-28-. The molecule has 3 aromatic rings. The van der Waals surface area contributed by atoms with Crippen LogP contribution in [0.3, 0.4) is 0 Å². The quantitative estimate of drug-likeness (QED) is 0.199. The predicted molar refractivity (Wildman–Crippen MR) is 157 cm³/mol. The van der Waals surface area contributed by atoms with Crippen LogP contribution in [0.15, 0.2) is 64.8 Å². The molecule has 0 radical (unpaired) electrons. The fraction of sp³-hybridized carbons (Fsp3) is 0.310. The number of carbonyl (C=O) groups is 1. The fourth-order valence-corrected chi connectivity index (χ4v) is 5.11. The Morgan fingerprint density at radius 1 is 1.15 bits per heavy atom. The molecule has 0 aliphatic carbocycles. The normalized spacial score (nSPS) is 14.9. The zero-order valence-corrected chi connectivity index (χ0v) is 24.1. The van der Waals surface area contributed by atoms with Crippen molar-refractivity contribution >= 4 is 46.2 Å². The van der Waals surface area contributed by atoms with Gasteiger partial charge in [-0.25, -0.2) is 4.98 Å². The first kappa shape index (κ1) is 29.9. The lowest BCUT2D eigenvalue weighted by Gasteiger charge is -2.21. The topological polar surface area (TPSA) is 79.6 Å². The molecule has 1 aromatic heterocycles. The Morgan fingerprint density at radius 2 is 1.85 bits per heavy atom. The average Bonchev–Trinajstić information content (AvgIpc) is 3.28. The van der Waals surface area contributed by atoms with Gasteiger partial charge in [0.2, 0.25) is 5.91 Å². The van der Waals surface area contributed by atoms with Gasteiger partial charge >= 0.3 is 6.36 Å². The largest absolute Gasteiger partial charge is 0.573 e. The number of nitrogens with zero attached hydrogens (tertiary/aromatic N) is 5. The zero-order valence-electron chi connectivity index (χ0n) is 23.3. The smallest absolute Gasteiger partial charge is 0.486 e. The number of aromatic nitrogens is 1. The van der Waals surface area contributed by atoms with Gasteiger partial charge in [-0.3, -0.25) is 9.69 Å². The van der Waals surface area contributed by atoms with Gasteiger partial charge in [-0.2, -0.15) is 5.10 Å². The number of halogens is 3. The minimum Gasteiger partial charge on any atom is -0.486 e. The van der Waals surface area contributed by atoms with Gasteiger partial charge in [0, 0.05) is 12.7 Å². The molecule has 4 rings (SSSR count). The molecule has 2 aromatic carbocycles. The molecule has 0 unspecified atom stereocenters. The molecule has 8 nitrogen and oxygen atoms in total. The first-order chi connectivity index (χ1) is 19.4. The van der Waals surface area contributed by atoms with Crippen LogP contribution >= 0.6 is 11.8 Å². The van der Waals surface area contributed by atoms with Crippen molar-refractivity contribution in [2.24, 2.45) is 10.2 Å². The van der Waals surface area contributed by atoms with Gasteiger partial charge in [-0.15, -0.1) is 18.3 Å². The van der Waals surface area contributed by atoms with Gasteiger partial charge in [0.05, 0.1) is 23.3 Å². The highest BCUT2D eigenvalue weighted by Crippen LogP contribution is 2.34. The number of benzene rings is 2. The summed E-state index contributed by atoms with van der Waals surface area (Å²) in [6.07, 6.45) is -3.22. The molecule has 1 saturated heterocycles. The van der Waals surface area contributed by atoms with E-state index in [1.807, 2.05) is 44.2 Å². The number of hydrogen-bond donors (Lipinski definition) is 0. The Balaban J connectivity index is 1.41. The summed E-state index contributed by atoms with van der Waals surface area (Å²) in [7, 11) is 1.77. The summed E-state index contributed by atoms with van der Waals surface area (Å²) < 4.78 is 47.2. The summed E-state index contributed by atoms with van der Waals surface area (Å²) in [5, 5.41) is 8.94. The minimum atomic E-state index is -4.74. The van der Waals surface area contributed by atoms with E-state index in [0.29, 0.717) is 33.9 Å². The number of amides is 1. The summed E-state index contributed by atoms with van der Waals surface area (Å²) in [4.78, 5) is 20.6. The highest BCUT2D eigenvalue weighted by molar-refractivity contribution is 8.15. The number of carbonyl (C=O) groups excluding carboxylic acids is 1. The molecule has 0 N–H and O–H groups in total. The molecular weight excluding hydrogens is 555 g/mol. The molecule has 0 saturated carbocycles. The van der Waals surface area contributed by atoms with E-state index >= 15 is 0 Å². The van der Waals surface area contributed by atoms with E-state index in [1.165, 1.54) is 42.2 Å². The number of rotatable bonds is 9. The Labute approximate surface area is 240 Å². The lowest BCUT2D eigenvalue weighted by atomic mass is 10.0. The van der Waals surface area contributed by atoms with E-state index in [0.717, 1.165) is 16.8 Å². The number of amidine groups is 1. The van der Waals surface area contributed by atoms with Crippen LogP contribution in [0.1, 0.15) is 36.6 Å². The molecule has 0 bridgehead atoms. The lowest BCUT2D eigenvalue weighted by Crippen LogP contribution is -2.30. The molecule has 41 heavy (non-hydrogen) atoms. The third-order valence-electron chi connectivity index (χ3n) is 6.21. The van der Waals surface area contributed by atoms with E-state index < -0.39 is 6.36 Å². The minimum absolute atomic E-state index is 0.0405. The molecular formula is C29H30F3N5O3S. The van der Waals surface area contributed by atoms with Crippen LogP contribution in [0.2, 0.25) is 0 Å². The van der Waals surface area contributed by atoms with Crippen LogP contribution in [0, 0.1) is 13.8 Å². The molecule has 1 amide bonds. The van der Waals surface area contributed by atoms with Crippen molar-refractivity contribution in [2.45, 2.75) is 40.0 Å². The number of thioether (sulfide) groups is 1. The third kappa shape index (κ3) is 7.37. The van der Waals surface area contributed by atoms with Crippen molar-refractivity contribution < 1.29 is 27.4 Å². The molecule has 216 valence electrons. The summed E-state index contributed by atoms with van der Waals surface area (Å²) in [5.41, 5.74) is 3.97. The van der Waals surface area contributed by atoms with Crippen LogP contribution in [0.4, 0.5) is 30.4 Å². The average molecular weight is 586 g/mol. The predicted octanol–water partition coefficient (Wildman–Crippen LogP) is 6.99. The highest BCUT2D eigenvalue weighted by Gasteiger charge is 2.32. The summed E-state index contributed by atoms with van der Waals surface area (Å²) in [6, 6.07) is 15.2. The van der Waals surface area contributed by atoms with E-state index in [2.05, 4.69) is 33.8 Å². The van der Waals surface area contributed by atoms with E-state index in [1.54, 1.807) is 16.8 Å². The van der Waals surface area contributed by atoms with Gasteiger partial charge in [0.25, 0.3) is 0 Å². The van der Waals surface area contributed by atoms with Gasteiger partial charge in [0.15, 0.2) is 5.17 Å². The number of aryl methyl sites for hydroxylation is 2. The first-order valence-corrected chi connectivity index (χ1v) is 13.8. The molecule has 1 aliphatic rings. The van der Waals surface area contributed by atoms with Crippen LogP contribution < -0.4 is 19.3 Å². The van der Waals surface area contributed by atoms with Crippen molar-refractivity contribution in [2.75, 3.05) is 29.2 Å². The van der Waals surface area contributed by atoms with Crippen LogP contribution in [-0.4, -0.2) is 48.0 Å². The van der Waals surface area contributed by atoms with Crippen molar-refractivity contribution in [1.82, 2.24) is 4.98 Å². The number of alkyl halides is 3. The number of hydrogen-bond acceptors (Lipinski definition) is 8. The first-order valence-electron chi connectivity index (χ1n) is 12.8. The Morgan fingerprint density at radius 3 is 2.51 bits per heavy atom. The maximum absolute atomic E-state index is 12.6. The van der Waals surface area contributed by atoms with Crippen molar-refractivity contribution in [1.29, 1.82) is 0 Å². The molecule has 2 heterocycles. The van der Waals surface area contributed by atoms with Gasteiger partial charge in [0.1, 0.15) is 23.9 Å². The van der Waals surface area contributed by atoms with E-state index in [9.17, 15) is 18.0 Å². The SMILES string of the molecule is Cc1cc(N(C)c2ccc(OC(F)(F)F)cc2)nc(C)c1OC/C=N/N=C1\SCC(=O)N1c1ccccc1C(C)C. The monoisotopic (exact) mass is 585 g/mol. The second-order valence-electron chi connectivity index (χ2n) is 9.54. The number of anilines is 3. The van der Waals surface area contributed by atoms with Gasteiger partial charge in [-0.05, 0) is 67.3 Å². The summed E-state index contributed by atoms with van der Waals surface area (Å²) in [6.45, 7) is 7.98. The number of ether oxygens (including phenoxy) is 2. The van der Waals surface area contributed by atoms with Gasteiger partial charge in [-0.1, -0.05) is 43.8 Å². The van der Waals surface area contributed by atoms with Crippen molar-refractivity contribution in [3.05, 3.63) is 71.4 Å². The second-order valence-corrected chi connectivity index (χ2v) is 10.5. The van der Waals surface area contributed by atoms with Crippen LogP contribution in [-0.2, 0) is 4.79 Å². The molecule has 1 aliphatic heterocycles. The maximum Gasteiger partial charge on any atom is 0.573 e. The van der Waals surface area contributed by atoms with Crippen molar-refractivity contribution in [3.8, 4) is 11.5 Å². The Hall–Kier alpha value is -4.06. The fourth-order valence-electron chi connectivity index (χ4n) is 4.29. The van der Waals surface area contributed by atoms with Gasteiger partial charge < -0.3 is 14.4 Å². The van der Waals surface area contributed by atoms with E-state index in [-0.39, 0.29) is 24.2 Å². The van der Waals surface area contributed by atoms with Crippen molar-refractivity contribution in [3.63, 3.8) is 0 Å². The maximum atomic E-state index is 12.6. The van der Waals surface area contributed by atoms with E-state index in [4.69, 9.17) is 4.74 Å². The molecule has 1 fully saturated rings. The Bertz CT molecular complexity index is 1440. The summed E-state index contributed by atoms with van der Waals surface area (Å²) >= 11 is 1.34. The Kier molecular flexibility index (Phi) is 9.21. The van der Waals surface area contributed by atoms with Crippen LogP contribution in [0.25, 0.3) is 0 Å². The molecule has 0 spiro atoms. The zero-order chi connectivity index (χ0) is 29.7. The second kappa shape index (κ2) is 12.6. The highest BCUT2D eigenvalue weighted by atomic mass is 32.2. The third-order valence-corrected chi connectivity index (χ3v) is 7.12. The van der Waals surface area contributed by atoms with Crippen LogP contribution in [0.5, 0.6) is 11.5 Å². The molecule has 0 atom stereocenters.